The quantitative estimate of drug-likeness (QED) is 0.116. The zero-order valence-corrected chi connectivity index (χ0v) is 35.9. The predicted octanol–water partition coefficient (Wildman–Crippen LogP) is 16.2. The fraction of sp³-hybridized carbons (Fsp3) is 0. The van der Waals surface area contributed by atoms with Gasteiger partial charge in [-0.2, -0.15) is 0 Å². The molecule has 11 aromatic rings. The van der Waals surface area contributed by atoms with Crippen molar-refractivity contribution in [1.82, 2.24) is 0 Å². The average molecular weight is 831 g/mol. The molecule has 0 amide bonds. The molecule has 0 bridgehead atoms. The highest BCUT2D eigenvalue weighted by molar-refractivity contribution is 6.24. The molecular weight excluding hydrogens is 793 g/mol. The standard InChI is InChI=1S/C66H38/c1-5-43-22-18-32-53(51(43)7-3)49-36-37-58(55-33-19-23-44(6-2)52(55)8-4)64(42-49)48-25-17-24-47(41-48)54-38-39-63(57-27-12-11-26-56(54)57)66-61-30-15-13-28-59(61)65(60-29-14-16-31-62(60)66)50-35-34-45-20-9-10-21-46(45)40-50/h1-4,9-42H. The molecule has 0 heterocycles. The molecule has 0 fully saturated rings. The lowest BCUT2D eigenvalue weighted by Gasteiger charge is -2.20. The smallest absolute Gasteiger partial charge is 0.0477 e. The largest absolute Gasteiger partial charge is 0.115 e. The molecule has 0 aliphatic heterocycles. The molecule has 302 valence electrons. The van der Waals surface area contributed by atoms with E-state index in [0.717, 1.165) is 49.9 Å². The van der Waals surface area contributed by atoms with Crippen molar-refractivity contribution in [3.8, 4) is 116 Å². The molecule has 0 N–H and O–H groups in total. The van der Waals surface area contributed by atoms with Crippen molar-refractivity contribution in [3.05, 3.63) is 229 Å². The van der Waals surface area contributed by atoms with Gasteiger partial charge in [0.05, 0.1) is 0 Å². The molecule has 0 heteroatoms. The van der Waals surface area contributed by atoms with Crippen molar-refractivity contribution in [2.24, 2.45) is 0 Å². The molecule has 11 rings (SSSR count). The fourth-order valence-corrected chi connectivity index (χ4v) is 10.0. The second kappa shape index (κ2) is 16.4. The van der Waals surface area contributed by atoms with Gasteiger partial charge in [0.15, 0.2) is 0 Å². The van der Waals surface area contributed by atoms with Crippen LogP contribution < -0.4 is 0 Å². The number of hydrogen-bond acceptors (Lipinski definition) is 0. The molecule has 0 spiro atoms. The Hall–Kier alpha value is -9.30. The van der Waals surface area contributed by atoms with Crippen LogP contribution in [0.4, 0.5) is 0 Å². The molecule has 0 saturated heterocycles. The Morgan fingerprint density at radius 1 is 0.242 bits per heavy atom. The Balaban J connectivity index is 1.11. The lowest BCUT2D eigenvalue weighted by molar-refractivity contribution is 1.51. The van der Waals surface area contributed by atoms with Crippen LogP contribution in [0.25, 0.3) is 110 Å². The fourth-order valence-electron chi connectivity index (χ4n) is 10.0. The molecule has 0 radical (unpaired) electrons. The van der Waals surface area contributed by atoms with E-state index < -0.39 is 0 Å². The van der Waals surface area contributed by atoms with E-state index in [1.165, 1.54) is 60.0 Å². The number of hydrogen-bond donors (Lipinski definition) is 0. The monoisotopic (exact) mass is 830 g/mol. The first-order valence-electron chi connectivity index (χ1n) is 21.9. The van der Waals surface area contributed by atoms with Crippen molar-refractivity contribution in [1.29, 1.82) is 0 Å². The summed E-state index contributed by atoms with van der Waals surface area (Å²) in [5.74, 6) is 11.3. The molecule has 0 aliphatic carbocycles. The maximum Gasteiger partial charge on any atom is 0.0477 e. The van der Waals surface area contributed by atoms with Crippen molar-refractivity contribution < 1.29 is 0 Å². The zero-order valence-electron chi connectivity index (χ0n) is 35.9. The molecule has 0 atom stereocenters. The summed E-state index contributed by atoms with van der Waals surface area (Å²) in [5, 5.41) is 9.68. The van der Waals surface area contributed by atoms with Gasteiger partial charge in [-0.05, 0) is 140 Å². The van der Waals surface area contributed by atoms with E-state index in [4.69, 9.17) is 25.7 Å². The number of terminal acetylenes is 4. The first kappa shape index (κ1) is 39.5. The average Bonchev–Trinajstić information content (AvgIpc) is 3.39. The summed E-state index contributed by atoms with van der Waals surface area (Å²) in [5.41, 5.74) is 15.5. The maximum atomic E-state index is 6.18. The molecular formula is C66H38. The van der Waals surface area contributed by atoms with E-state index in [0.29, 0.717) is 22.3 Å². The van der Waals surface area contributed by atoms with Crippen molar-refractivity contribution in [3.63, 3.8) is 0 Å². The zero-order chi connectivity index (χ0) is 44.7. The molecule has 0 aromatic heterocycles. The van der Waals surface area contributed by atoms with Crippen LogP contribution in [0.5, 0.6) is 0 Å². The van der Waals surface area contributed by atoms with Gasteiger partial charge in [-0.1, -0.05) is 200 Å². The second-order valence-electron chi connectivity index (χ2n) is 16.5. The highest BCUT2D eigenvalue weighted by Crippen LogP contribution is 2.47. The SMILES string of the molecule is C#Cc1cccc(-c2ccc(-c3cccc(C#C)c3C#C)c(-c3cccc(-c4ccc(-c5c6ccccc6c(-c6ccc7ccccc7c6)c6ccccc56)c5ccccc45)c3)c2)c1C#C. The first-order chi connectivity index (χ1) is 32.6. The van der Waals surface area contributed by atoms with Gasteiger partial charge < -0.3 is 0 Å². The van der Waals surface area contributed by atoms with E-state index in [-0.39, 0.29) is 0 Å². The first-order valence-corrected chi connectivity index (χ1v) is 21.9. The lowest BCUT2D eigenvalue weighted by atomic mass is 9.83. The van der Waals surface area contributed by atoms with Crippen LogP contribution in [-0.4, -0.2) is 0 Å². The van der Waals surface area contributed by atoms with Gasteiger partial charge in [-0.15, -0.1) is 25.7 Å². The molecule has 11 aromatic carbocycles. The summed E-state index contributed by atoms with van der Waals surface area (Å²) in [6.45, 7) is 0. The van der Waals surface area contributed by atoms with E-state index in [2.05, 4.69) is 194 Å². The van der Waals surface area contributed by atoms with Gasteiger partial charge in [0.1, 0.15) is 0 Å². The van der Waals surface area contributed by atoms with Crippen LogP contribution >= 0.6 is 0 Å². The third-order valence-electron chi connectivity index (χ3n) is 13.0. The molecule has 0 unspecified atom stereocenters. The van der Waals surface area contributed by atoms with Gasteiger partial charge in [0.2, 0.25) is 0 Å². The Bertz CT molecular complexity index is 3920. The van der Waals surface area contributed by atoms with Crippen molar-refractivity contribution >= 4 is 43.1 Å². The normalized spacial score (nSPS) is 11.0. The molecule has 0 nitrogen and oxygen atoms in total. The van der Waals surface area contributed by atoms with E-state index in [1.807, 2.05) is 36.4 Å². The van der Waals surface area contributed by atoms with E-state index in [1.54, 1.807) is 0 Å². The van der Waals surface area contributed by atoms with Gasteiger partial charge in [0.25, 0.3) is 0 Å². The highest BCUT2D eigenvalue weighted by Gasteiger charge is 2.21. The minimum atomic E-state index is 0.672. The summed E-state index contributed by atoms with van der Waals surface area (Å²) >= 11 is 0. The number of fused-ring (bicyclic) bond motifs is 4. The minimum absolute atomic E-state index is 0.672. The molecule has 0 aliphatic rings. The third kappa shape index (κ3) is 6.51. The van der Waals surface area contributed by atoms with Crippen molar-refractivity contribution in [2.75, 3.05) is 0 Å². The van der Waals surface area contributed by atoms with E-state index >= 15 is 0 Å². The Labute approximate surface area is 385 Å². The summed E-state index contributed by atoms with van der Waals surface area (Å²) in [7, 11) is 0. The Kier molecular flexibility index (Phi) is 9.85. The molecule has 66 heavy (non-hydrogen) atoms. The lowest BCUT2D eigenvalue weighted by Crippen LogP contribution is -1.95. The van der Waals surface area contributed by atoms with Crippen LogP contribution in [-0.2, 0) is 0 Å². The predicted molar refractivity (Wildman–Crippen MR) is 281 cm³/mol. The van der Waals surface area contributed by atoms with Crippen molar-refractivity contribution in [2.45, 2.75) is 0 Å². The minimum Gasteiger partial charge on any atom is -0.115 e. The van der Waals surface area contributed by atoms with Crippen LogP contribution in [0.3, 0.4) is 0 Å². The number of benzene rings is 11. The summed E-state index contributed by atoms with van der Waals surface area (Å²) in [6.07, 6.45) is 24.2. The second-order valence-corrected chi connectivity index (χ2v) is 16.5. The van der Waals surface area contributed by atoms with E-state index in [9.17, 15) is 0 Å². The summed E-state index contributed by atoms with van der Waals surface area (Å²) in [4.78, 5) is 0. The van der Waals surface area contributed by atoms with Crippen LogP contribution in [0.1, 0.15) is 22.3 Å². The Morgan fingerprint density at radius 2 is 0.712 bits per heavy atom. The van der Waals surface area contributed by atoms with Gasteiger partial charge in [-0.3, -0.25) is 0 Å². The van der Waals surface area contributed by atoms with Gasteiger partial charge in [0, 0.05) is 22.3 Å². The number of rotatable bonds is 6. The van der Waals surface area contributed by atoms with Gasteiger partial charge in [-0.25, -0.2) is 0 Å². The van der Waals surface area contributed by atoms with Gasteiger partial charge >= 0.3 is 0 Å². The van der Waals surface area contributed by atoms with Crippen LogP contribution in [0, 0.1) is 49.4 Å². The highest BCUT2D eigenvalue weighted by atomic mass is 14.2. The molecule has 0 saturated carbocycles. The maximum absolute atomic E-state index is 6.18. The van der Waals surface area contributed by atoms with Crippen LogP contribution in [0.15, 0.2) is 206 Å². The Morgan fingerprint density at radius 3 is 1.35 bits per heavy atom. The van der Waals surface area contributed by atoms with Crippen LogP contribution in [0.2, 0.25) is 0 Å². The topological polar surface area (TPSA) is 0 Å². The summed E-state index contributed by atoms with van der Waals surface area (Å²) in [6, 6.07) is 73.4. The third-order valence-corrected chi connectivity index (χ3v) is 13.0. The summed E-state index contributed by atoms with van der Waals surface area (Å²) < 4.78 is 0.